The molecule has 0 aromatic carbocycles. The number of unbranched alkanes of at least 4 members (excludes halogenated alkanes) is 6. The van der Waals surface area contributed by atoms with Gasteiger partial charge >= 0.3 is 10.2 Å². The topological polar surface area (TPSA) is 9.23 Å². The van der Waals surface area contributed by atoms with Crippen LogP contribution in [0.3, 0.4) is 0 Å². The SMILES string of the molecule is CCOCCCCCCCCC=CS(F)(F)(F)(F)F. The molecule has 0 atom stereocenters. The van der Waals surface area contributed by atoms with E-state index in [2.05, 4.69) is 0 Å². The number of hydrogen-bond donors (Lipinski definition) is 0. The zero-order valence-corrected chi connectivity index (χ0v) is 12.0. The Bertz CT molecular complexity index is 272. The van der Waals surface area contributed by atoms with Crippen LogP contribution < -0.4 is 0 Å². The molecule has 0 rings (SSSR count). The lowest BCUT2D eigenvalue weighted by Gasteiger charge is -2.36. The average molecular weight is 310 g/mol. The Morgan fingerprint density at radius 3 is 1.89 bits per heavy atom. The van der Waals surface area contributed by atoms with E-state index < -0.39 is 15.6 Å². The van der Waals surface area contributed by atoms with Crippen LogP contribution in [0.1, 0.15) is 51.9 Å². The summed E-state index contributed by atoms with van der Waals surface area (Å²) in [5, 5.41) is -0.845. The van der Waals surface area contributed by atoms with E-state index in [4.69, 9.17) is 4.74 Å². The highest BCUT2D eigenvalue weighted by molar-refractivity contribution is 8.48. The van der Waals surface area contributed by atoms with Gasteiger partial charge in [0, 0.05) is 13.2 Å². The predicted molar refractivity (Wildman–Crippen MR) is 71.1 cm³/mol. The maximum atomic E-state index is 11.9. The summed E-state index contributed by atoms with van der Waals surface area (Å²) < 4.78 is 64.6. The molecule has 118 valence electrons. The van der Waals surface area contributed by atoms with E-state index in [1.807, 2.05) is 6.92 Å². The first kappa shape index (κ1) is 18.7. The third-order valence-corrected chi connectivity index (χ3v) is 3.17. The molecule has 0 spiro atoms. The normalized spacial score (nSPS) is 16.5. The van der Waals surface area contributed by atoms with Gasteiger partial charge in [-0.25, -0.2) is 0 Å². The molecule has 0 aromatic rings. The van der Waals surface area contributed by atoms with Crippen LogP contribution >= 0.6 is 10.2 Å². The number of hydrogen-bond acceptors (Lipinski definition) is 1. The fourth-order valence-electron chi connectivity index (χ4n) is 1.57. The molecule has 1 nitrogen and oxygen atoms in total. The van der Waals surface area contributed by atoms with E-state index in [0.29, 0.717) is 19.1 Å². The van der Waals surface area contributed by atoms with Gasteiger partial charge in [0.05, 0.1) is 5.41 Å². The van der Waals surface area contributed by atoms with E-state index in [9.17, 15) is 19.4 Å². The van der Waals surface area contributed by atoms with Crippen molar-refractivity contribution >= 4 is 10.2 Å². The second-order valence-corrected chi connectivity index (χ2v) is 6.84. The van der Waals surface area contributed by atoms with Crippen molar-refractivity contribution in [2.24, 2.45) is 0 Å². The van der Waals surface area contributed by atoms with Crippen molar-refractivity contribution in [3.05, 3.63) is 11.5 Å². The molecule has 7 heteroatoms. The molecule has 19 heavy (non-hydrogen) atoms. The summed E-state index contributed by atoms with van der Waals surface area (Å²) >= 11 is 0. The van der Waals surface area contributed by atoms with Gasteiger partial charge in [-0.15, -0.1) is 0 Å². The molecule has 0 heterocycles. The lowest BCUT2D eigenvalue weighted by atomic mass is 10.1. The number of allylic oxidation sites excluding steroid dienone is 1. The molecule has 0 saturated heterocycles. The van der Waals surface area contributed by atoms with Gasteiger partial charge in [0.2, 0.25) is 0 Å². The van der Waals surface area contributed by atoms with Gasteiger partial charge in [-0.05, 0) is 26.2 Å². The molecule has 0 aliphatic rings. The van der Waals surface area contributed by atoms with Crippen molar-refractivity contribution in [1.82, 2.24) is 0 Å². The maximum absolute atomic E-state index is 11.9. The van der Waals surface area contributed by atoms with Crippen molar-refractivity contribution in [3.63, 3.8) is 0 Å². The quantitative estimate of drug-likeness (QED) is 0.310. The molecule has 0 aliphatic heterocycles. The van der Waals surface area contributed by atoms with Gasteiger partial charge in [0.25, 0.3) is 0 Å². The molecule has 0 amide bonds. The second kappa shape index (κ2) is 6.92. The molecule has 0 bridgehead atoms. The van der Waals surface area contributed by atoms with Crippen LogP contribution in [0.4, 0.5) is 19.4 Å². The smallest absolute Gasteiger partial charge is 0.304 e. The highest BCUT2D eigenvalue weighted by Crippen LogP contribution is 2.98. The maximum Gasteiger partial charge on any atom is 0.304 e. The first-order valence-corrected chi connectivity index (χ1v) is 8.55. The van der Waals surface area contributed by atoms with E-state index in [-0.39, 0.29) is 6.42 Å². The van der Waals surface area contributed by atoms with E-state index in [1.165, 1.54) is 0 Å². The molecule has 0 saturated carbocycles. The average Bonchev–Trinajstić information content (AvgIpc) is 2.22. The summed E-state index contributed by atoms with van der Waals surface area (Å²) in [5.41, 5.74) is 0. The van der Waals surface area contributed by atoms with Gasteiger partial charge in [0.1, 0.15) is 0 Å². The highest BCUT2D eigenvalue weighted by Gasteiger charge is 2.60. The summed E-state index contributed by atoms with van der Waals surface area (Å²) in [4.78, 5) is 0. The van der Waals surface area contributed by atoms with Crippen LogP contribution in [0.15, 0.2) is 11.5 Å². The van der Waals surface area contributed by atoms with Gasteiger partial charge in [-0.2, -0.15) is 0 Å². The molecule has 0 unspecified atom stereocenters. The molecule has 0 N–H and O–H groups in total. The van der Waals surface area contributed by atoms with E-state index in [0.717, 1.165) is 38.7 Å². The fourth-order valence-corrected chi connectivity index (χ4v) is 2.07. The van der Waals surface area contributed by atoms with Crippen LogP contribution in [0.2, 0.25) is 0 Å². The molecule has 0 aromatic heterocycles. The minimum Gasteiger partial charge on any atom is -0.382 e. The summed E-state index contributed by atoms with van der Waals surface area (Å²) in [6.45, 7) is 3.38. The van der Waals surface area contributed by atoms with Crippen LogP contribution in [-0.2, 0) is 4.74 Å². The Labute approximate surface area is 111 Å². The van der Waals surface area contributed by atoms with Crippen LogP contribution in [-0.4, -0.2) is 13.2 Å². The first-order chi connectivity index (χ1) is 8.54. The van der Waals surface area contributed by atoms with Crippen LogP contribution in [0.5, 0.6) is 0 Å². The largest absolute Gasteiger partial charge is 0.382 e. The molecular formula is C12H23F5OS. The summed E-state index contributed by atoms with van der Waals surface area (Å²) in [6, 6.07) is 0. The lowest BCUT2D eigenvalue weighted by molar-refractivity contribution is 0.143. The van der Waals surface area contributed by atoms with Crippen molar-refractivity contribution in [2.75, 3.05) is 13.2 Å². The third-order valence-electron chi connectivity index (χ3n) is 2.47. The van der Waals surface area contributed by atoms with Crippen molar-refractivity contribution in [3.8, 4) is 0 Å². The van der Waals surface area contributed by atoms with Gasteiger partial charge in [0.15, 0.2) is 0 Å². The third kappa shape index (κ3) is 17.7. The van der Waals surface area contributed by atoms with E-state index in [1.54, 1.807) is 0 Å². The zero-order chi connectivity index (χ0) is 14.9. The van der Waals surface area contributed by atoms with Crippen molar-refractivity contribution < 1.29 is 24.2 Å². The molecule has 0 radical (unpaired) electrons. The predicted octanol–water partition coefficient (Wildman–Crippen LogP) is 6.57. The molecule has 0 fully saturated rings. The molecule has 0 aliphatic carbocycles. The summed E-state index contributed by atoms with van der Waals surface area (Å²) in [7, 11) is -9.33. The Hall–Kier alpha value is -0.300. The van der Waals surface area contributed by atoms with Gasteiger partial charge in [-0.3, -0.25) is 0 Å². The monoisotopic (exact) mass is 310 g/mol. The van der Waals surface area contributed by atoms with Crippen LogP contribution in [0.25, 0.3) is 0 Å². The standard InChI is InChI=1S/C12H23F5OS/c1-2-18-11-9-7-5-3-4-6-8-10-12-19(13,14,15,16)17/h10,12H,2-9,11H2,1H3. The van der Waals surface area contributed by atoms with E-state index >= 15 is 0 Å². The van der Waals surface area contributed by atoms with Crippen LogP contribution in [0, 0.1) is 0 Å². The fraction of sp³-hybridized carbons (Fsp3) is 0.833. The Morgan fingerprint density at radius 2 is 1.37 bits per heavy atom. The number of rotatable bonds is 11. The summed E-state index contributed by atoms with van der Waals surface area (Å²) in [6.07, 6.45) is 5.78. The second-order valence-electron chi connectivity index (χ2n) is 4.51. The van der Waals surface area contributed by atoms with Gasteiger partial charge in [-0.1, -0.05) is 51.2 Å². The summed E-state index contributed by atoms with van der Waals surface area (Å²) in [5.74, 6) is 0. The minimum absolute atomic E-state index is 0.0462. The lowest BCUT2D eigenvalue weighted by Crippen LogP contribution is -1.98. The first-order valence-electron chi connectivity index (χ1n) is 6.53. The van der Waals surface area contributed by atoms with Crippen molar-refractivity contribution in [2.45, 2.75) is 51.9 Å². The highest BCUT2D eigenvalue weighted by atomic mass is 32.5. The molecular weight excluding hydrogens is 287 g/mol. The van der Waals surface area contributed by atoms with Crippen molar-refractivity contribution in [1.29, 1.82) is 0 Å². The Balaban J connectivity index is 3.45. The number of ether oxygens (including phenoxy) is 1. The Kier molecular flexibility index (Phi) is 6.82. The Morgan fingerprint density at radius 1 is 0.842 bits per heavy atom. The van der Waals surface area contributed by atoms with Gasteiger partial charge < -0.3 is 4.74 Å². The zero-order valence-electron chi connectivity index (χ0n) is 11.2. The minimum atomic E-state index is -9.33. The number of halogens is 5.